The Morgan fingerprint density at radius 1 is 0.881 bits per heavy atom. The summed E-state index contributed by atoms with van der Waals surface area (Å²) in [6.45, 7) is -2.41. The van der Waals surface area contributed by atoms with Crippen molar-refractivity contribution in [3.05, 3.63) is 81.9 Å². The Morgan fingerprint density at radius 2 is 1.55 bits per heavy atom. The monoisotopic (exact) mass is 625 g/mol. The minimum Gasteiger partial charge on any atom is -0.374 e. The highest BCUT2D eigenvalue weighted by Crippen LogP contribution is 2.53. The molecule has 3 aromatic rings. The smallest absolute Gasteiger partial charge is 0.374 e. The second-order valence-electron chi connectivity index (χ2n) is 9.07. The molecule has 1 heterocycles. The van der Waals surface area contributed by atoms with Crippen LogP contribution in [-0.4, -0.2) is 43.0 Å². The van der Waals surface area contributed by atoms with Crippen molar-refractivity contribution in [1.82, 2.24) is 10.6 Å². The van der Waals surface area contributed by atoms with Gasteiger partial charge in [-0.2, -0.15) is 39.5 Å². The highest BCUT2D eigenvalue weighted by Gasteiger charge is 2.64. The lowest BCUT2D eigenvalue weighted by atomic mass is 9.82. The van der Waals surface area contributed by atoms with Crippen molar-refractivity contribution < 1.29 is 53.9 Å². The molecule has 1 atom stereocenters. The third-order valence-electron chi connectivity index (χ3n) is 6.29. The molecule has 6 nitrogen and oxygen atoms in total. The van der Waals surface area contributed by atoms with Crippen molar-refractivity contribution in [3.8, 4) is 0 Å². The van der Waals surface area contributed by atoms with Gasteiger partial charge in [-0.3, -0.25) is 9.59 Å². The molecule has 0 aromatic heterocycles. The Hall–Kier alpha value is -4.01. The molecule has 1 unspecified atom stereocenters. The van der Waals surface area contributed by atoms with Crippen molar-refractivity contribution in [2.45, 2.75) is 30.6 Å². The molecule has 4 rings (SSSR count). The van der Waals surface area contributed by atoms with Crippen LogP contribution in [0.4, 0.5) is 39.5 Å². The second-order valence-corrected chi connectivity index (χ2v) is 9.48. The number of carbonyl (C=O) groups excluding carboxylic acids is 2. The fraction of sp³-hybridized carbons (Fsp3) is 0.269. The van der Waals surface area contributed by atoms with E-state index in [-0.39, 0.29) is 27.6 Å². The highest BCUT2D eigenvalue weighted by molar-refractivity contribution is 6.31. The summed E-state index contributed by atoms with van der Waals surface area (Å²) in [4.78, 5) is 29.2. The zero-order chi connectivity index (χ0) is 31.1. The lowest BCUT2D eigenvalue weighted by molar-refractivity contribution is -0.277. The Labute approximate surface area is 235 Å². The van der Waals surface area contributed by atoms with Crippen molar-refractivity contribution in [3.63, 3.8) is 0 Å². The molecular weight excluding hydrogens is 609 g/mol. The van der Waals surface area contributed by atoms with Crippen LogP contribution in [0.1, 0.15) is 33.5 Å². The molecule has 0 bridgehead atoms. The molecule has 224 valence electrons. The van der Waals surface area contributed by atoms with Crippen molar-refractivity contribution >= 4 is 39.9 Å². The van der Waals surface area contributed by atoms with Crippen LogP contribution in [0.3, 0.4) is 0 Å². The summed E-state index contributed by atoms with van der Waals surface area (Å²) in [7, 11) is 0. The molecule has 3 aromatic carbocycles. The molecule has 0 radical (unpaired) electrons. The summed E-state index contributed by atoms with van der Waals surface area (Å²) >= 11 is 5.67. The predicted octanol–water partition coefficient (Wildman–Crippen LogP) is 6.50. The number of fused-ring (bicyclic) bond motifs is 1. The van der Waals surface area contributed by atoms with Gasteiger partial charge in [0.15, 0.2) is 0 Å². The van der Waals surface area contributed by atoms with E-state index in [4.69, 9.17) is 16.4 Å². The van der Waals surface area contributed by atoms with E-state index in [1.54, 1.807) is 5.32 Å². The van der Waals surface area contributed by atoms with Gasteiger partial charge in [0.05, 0.1) is 29.3 Å². The molecule has 1 aliphatic heterocycles. The number of nitrogens with zero attached hydrogens (tertiary/aromatic N) is 1. The van der Waals surface area contributed by atoms with E-state index < -0.39 is 71.6 Å². The van der Waals surface area contributed by atoms with Crippen molar-refractivity contribution in [2.24, 2.45) is 5.16 Å². The fourth-order valence-corrected chi connectivity index (χ4v) is 4.72. The molecule has 0 spiro atoms. The number of hydrogen-bond acceptors (Lipinski definition) is 4. The Morgan fingerprint density at radius 3 is 2.17 bits per heavy atom. The zero-order valence-corrected chi connectivity index (χ0v) is 21.5. The SMILES string of the molecule is O=C(CNC(=O)c1ccc(C2=NOC(c3cccc(Cl)c3C(F)(F)F)(C(F)(F)F)C2)c2ccccc12)NCC(F)(F)F. The summed E-state index contributed by atoms with van der Waals surface area (Å²) in [6, 6.07) is 10.5. The molecule has 0 saturated heterocycles. The number of oxime groups is 1. The van der Waals surface area contributed by atoms with Crippen LogP contribution in [0, 0.1) is 0 Å². The minimum atomic E-state index is -5.38. The summed E-state index contributed by atoms with van der Waals surface area (Å²) < 4.78 is 122. The van der Waals surface area contributed by atoms with Gasteiger partial charge in [0.2, 0.25) is 5.91 Å². The van der Waals surface area contributed by atoms with E-state index in [1.165, 1.54) is 30.3 Å². The van der Waals surface area contributed by atoms with E-state index in [9.17, 15) is 49.1 Å². The maximum atomic E-state index is 14.5. The lowest BCUT2D eigenvalue weighted by Gasteiger charge is -2.32. The average molecular weight is 626 g/mol. The van der Waals surface area contributed by atoms with Gasteiger partial charge < -0.3 is 15.5 Å². The number of amides is 2. The van der Waals surface area contributed by atoms with E-state index in [0.717, 1.165) is 18.2 Å². The van der Waals surface area contributed by atoms with Crippen LogP contribution in [-0.2, 0) is 21.4 Å². The minimum absolute atomic E-state index is 0.00628. The van der Waals surface area contributed by atoms with E-state index in [1.807, 2.05) is 0 Å². The molecule has 2 N–H and O–H groups in total. The quantitative estimate of drug-likeness (QED) is 0.307. The van der Waals surface area contributed by atoms with Crippen LogP contribution >= 0.6 is 11.6 Å². The average Bonchev–Trinajstić information content (AvgIpc) is 3.35. The fourth-order valence-electron chi connectivity index (χ4n) is 4.44. The number of alkyl halides is 9. The highest BCUT2D eigenvalue weighted by atomic mass is 35.5. The Balaban J connectivity index is 1.68. The van der Waals surface area contributed by atoms with E-state index in [0.29, 0.717) is 6.07 Å². The first-order valence-electron chi connectivity index (χ1n) is 11.8. The number of benzene rings is 3. The predicted molar refractivity (Wildman–Crippen MR) is 132 cm³/mol. The lowest BCUT2D eigenvalue weighted by Crippen LogP contribution is -2.44. The number of carbonyl (C=O) groups is 2. The van der Waals surface area contributed by atoms with Gasteiger partial charge in [-0.05, 0) is 22.9 Å². The maximum absolute atomic E-state index is 14.5. The second kappa shape index (κ2) is 11.0. The van der Waals surface area contributed by atoms with Crippen LogP contribution in [0.2, 0.25) is 5.02 Å². The van der Waals surface area contributed by atoms with Gasteiger partial charge in [-0.1, -0.05) is 59.2 Å². The standard InChI is InChI=1S/C26H17ClF9N3O3/c27-18-7-3-6-17(21(18)25(31,32)33)23(26(34,35)36)10-19(39-42-23)15-8-9-16(14-5-2-1-4-13(14)15)22(41)37-11-20(40)38-12-24(28,29)30/h1-9H,10-12H2,(H,37,41)(H,38,40). The summed E-state index contributed by atoms with van der Waals surface area (Å²) in [5.41, 5.74) is -7.01. The Bertz CT molecular complexity index is 1570. The van der Waals surface area contributed by atoms with Crippen LogP contribution < -0.4 is 10.6 Å². The van der Waals surface area contributed by atoms with Gasteiger partial charge in [0.25, 0.3) is 11.5 Å². The molecule has 1 aliphatic rings. The number of halogens is 10. The van der Waals surface area contributed by atoms with Crippen LogP contribution in [0.15, 0.2) is 59.8 Å². The molecular formula is C26H17ClF9N3O3. The third-order valence-corrected chi connectivity index (χ3v) is 6.61. The van der Waals surface area contributed by atoms with Gasteiger partial charge in [0.1, 0.15) is 6.54 Å². The molecule has 0 fully saturated rings. The molecule has 2 amide bonds. The molecule has 16 heteroatoms. The zero-order valence-electron chi connectivity index (χ0n) is 20.8. The largest absolute Gasteiger partial charge is 0.435 e. The van der Waals surface area contributed by atoms with Gasteiger partial charge >= 0.3 is 18.5 Å². The van der Waals surface area contributed by atoms with Crippen molar-refractivity contribution in [2.75, 3.05) is 13.1 Å². The van der Waals surface area contributed by atoms with Crippen molar-refractivity contribution in [1.29, 1.82) is 0 Å². The first-order chi connectivity index (χ1) is 19.4. The van der Waals surface area contributed by atoms with Crippen LogP contribution in [0.5, 0.6) is 0 Å². The topological polar surface area (TPSA) is 79.8 Å². The third kappa shape index (κ3) is 6.10. The Kier molecular flexibility index (Phi) is 8.10. The van der Waals surface area contributed by atoms with Gasteiger partial charge in [0, 0.05) is 16.7 Å². The molecule has 42 heavy (non-hydrogen) atoms. The van der Waals surface area contributed by atoms with E-state index in [2.05, 4.69) is 10.5 Å². The first-order valence-corrected chi connectivity index (χ1v) is 12.1. The number of hydrogen-bond donors (Lipinski definition) is 2. The van der Waals surface area contributed by atoms with Gasteiger partial charge in [-0.25, -0.2) is 0 Å². The number of nitrogens with one attached hydrogen (secondary N) is 2. The maximum Gasteiger partial charge on any atom is 0.435 e. The van der Waals surface area contributed by atoms with Gasteiger partial charge in [-0.15, -0.1) is 0 Å². The van der Waals surface area contributed by atoms with E-state index >= 15 is 0 Å². The van der Waals surface area contributed by atoms with Crippen LogP contribution in [0.25, 0.3) is 10.8 Å². The number of rotatable bonds is 6. The summed E-state index contributed by atoms with van der Waals surface area (Å²) in [6.07, 6.45) is -16.5. The normalized spacial score (nSPS) is 17.5. The summed E-state index contributed by atoms with van der Waals surface area (Å²) in [5.74, 6) is -2.01. The summed E-state index contributed by atoms with van der Waals surface area (Å²) in [5, 5.41) is 6.60. The first kappa shape index (κ1) is 30.9. The molecule has 0 aliphatic carbocycles. The molecule has 0 saturated carbocycles.